The maximum Gasteiger partial charge on any atom is 0.295 e. The van der Waals surface area contributed by atoms with Gasteiger partial charge in [-0.25, -0.2) is 0 Å². The average molecular weight is 1010 g/mol. The van der Waals surface area contributed by atoms with Gasteiger partial charge >= 0.3 is 0 Å². The molecule has 0 aromatic heterocycles. The second kappa shape index (κ2) is 19.5. The first-order valence-electron chi connectivity index (χ1n) is 19.2. The van der Waals surface area contributed by atoms with E-state index in [1.807, 2.05) is 0 Å². The molecule has 26 heteroatoms. The Labute approximate surface area is 388 Å². The van der Waals surface area contributed by atoms with Gasteiger partial charge in [-0.3, -0.25) is 18.2 Å². The van der Waals surface area contributed by atoms with Crippen LogP contribution in [0.2, 0.25) is 0 Å². The smallest absolute Gasteiger partial charge is 0.295 e. The molecule has 0 unspecified atom stereocenters. The molecule has 0 spiro atoms. The first-order chi connectivity index (χ1) is 31.7. The molecule has 68 heavy (non-hydrogen) atoms. The number of hydrogen-bond donors (Lipinski definition) is 4. The molecule has 352 valence electrons. The van der Waals surface area contributed by atoms with Crippen LogP contribution in [0.3, 0.4) is 0 Å². The molecule has 0 heterocycles. The lowest BCUT2D eigenvalue weighted by molar-refractivity contribution is -0.435. The molecule has 6 aromatic carbocycles. The number of benzene rings is 6. The van der Waals surface area contributed by atoms with E-state index in [2.05, 4.69) is 30.7 Å². The average Bonchev–Trinajstić information content (AvgIpc) is 3.25. The van der Waals surface area contributed by atoms with Gasteiger partial charge in [-0.15, -0.1) is 0 Å². The highest BCUT2D eigenvalue weighted by Crippen LogP contribution is 2.34. The van der Waals surface area contributed by atoms with E-state index in [4.69, 9.17) is 9.11 Å². The summed E-state index contributed by atoms with van der Waals surface area (Å²) >= 11 is 0. The molecule has 0 saturated heterocycles. The number of aryl methyl sites for hydroxylation is 4. The van der Waals surface area contributed by atoms with Crippen molar-refractivity contribution in [1.82, 2.24) is 0 Å². The van der Waals surface area contributed by atoms with Crippen molar-refractivity contribution in [2.24, 2.45) is 30.7 Å². The molecule has 4 N–H and O–H groups in total. The summed E-state index contributed by atoms with van der Waals surface area (Å²) in [6, 6.07) is 22.4. The summed E-state index contributed by atoms with van der Waals surface area (Å²) in [6.45, 7) is 6.53. The van der Waals surface area contributed by atoms with E-state index in [9.17, 15) is 53.2 Å². The predicted octanol–water partition coefficient (Wildman–Crippen LogP) is 10.8. The van der Waals surface area contributed by atoms with Crippen LogP contribution in [0.4, 0.5) is 45.5 Å². The van der Waals surface area contributed by atoms with E-state index in [-0.39, 0.29) is 64.8 Å². The SMILES string of the molecule is Cc1cc(N=[N+]([O-])c2ccc(/C=C/c3ccc([N+]([O-])=Nc4cc(C)c(N=Nc5ccc(S(=O)(=O)O)cc5)cc4C)cc3S(=O)(=O)O)c(S(=O)(=O)O)c2)c(C)cc1N=Nc1ccc(S(=O)(=O)O)cc1. The van der Waals surface area contributed by atoms with Gasteiger partial charge in [0.05, 0.1) is 32.5 Å². The van der Waals surface area contributed by atoms with Crippen molar-refractivity contribution in [2.75, 3.05) is 0 Å². The van der Waals surface area contributed by atoms with Gasteiger partial charge in [0.15, 0.2) is 0 Å². The minimum absolute atomic E-state index is 0.110. The molecule has 0 amide bonds. The van der Waals surface area contributed by atoms with Gasteiger partial charge in [0.1, 0.15) is 21.2 Å². The number of nitrogens with zero attached hydrogens (tertiary/aromatic N) is 8. The minimum atomic E-state index is -5.03. The Kier molecular flexibility index (Phi) is 14.4. The second-order valence-electron chi connectivity index (χ2n) is 14.7. The lowest BCUT2D eigenvalue weighted by atomic mass is 10.1. The molecule has 0 atom stereocenters. The summed E-state index contributed by atoms with van der Waals surface area (Å²) in [7, 11) is -18.9. The molecule has 0 aliphatic carbocycles. The van der Waals surface area contributed by atoms with Crippen molar-refractivity contribution >= 4 is 98.1 Å². The Bertz CT molecular complexity index is 3380. The Balaban J connectivity index is 1.23. The Morgan fingerprint density at radius 3 is 1.03 bits per heavy atom. The van der Waals surface area contributed by atoms with Crippen molar-refractivity contribution in [1.29, 1.82) is 0 Å². The topological polar surface area (TPSA) is 344 Å². The van der Waals surface area contributed by atoms with Crippen LogP contribution in [0.1, 0.15) is 33.4 Å². The van der Waals surface area contributed by atoms with Gasteiger partial charge in [-0.05, 0) is 146 Å². The Morgan fingerprint density at radius 1 is 0.412 bits per heavy atom. The van der Waals surface area contributed by atoms with Crippen molar-refractivity contribution in [3.8, 4) is 0 Å². The molecule has 0 aliphatic rings. The molecule has 6 rings (SSSR count). The summed E-state index contributed by atoms with van der Waals surface area (Å²) in [6.07, 6.45) is 2.18. The molecule has 6 aromatic rings. The third-order valence-electron chi connectivity index (χ3n) is 9.68. The van der Waals surface area contributed by atoms with E-state index in [0.29, 0.717) is 33.6 Å². The zero-order valence-corrected chi connectivity index (χ0v) is 38.9. The van der Waals surface area contributed by atoms with E-state index in [0.717, 1.165) is 60.7 Å². The maximum absolute atomic E-state index is 13.2. The molecular formula is C42H36N8O14S4. The van der Waals surface area contributed by atoms with Gasteiger partial charge in [-0.1, -0.05) is 21.9 Å². The zero-order chi connectivity index (χ0) is 49.9. The van der Waals surface area contributed by atoms with E-state index in [1.54, 1.807) is 39.8 Å². The first-order valence-corrected chi connectivity index (χ1v) is 24.9. The summed E-state index contributed by atoms with van der Waals surface area (Å²) in [4.78, 5) is -1.96. The van der Waals surface area contributed by atoms with Crippen LogP contribution < -0.4 is 0 Å². The highest BCUT2D eigenvalue weighted by atomic mass is 32.2. The minimum Gasteiger partial charge on any atom is -0.594 e. The molecular weight excluding hydrogens is 969 g/mol. The van der Waals surface area contributed by atoms with Gasteiger partial charge in [-0.2, -0.15) is 54.1 Å². The summed E-state index contributed by atoms with van der Waals surface area (Å²) in [5.41, 5.74) is 2.46. The normalized spacial score (nSPS) is 13.3. The number of azo groups is 4. The molecule has 22 nitrogen and oxygen atoms in total. The van der Waals surface area contributed by atoms with Crippen LogP contribution in [0.15, 0.2) is 159 Å². The fourth-order valence-electron chi connectivity index (χ4n) is 6.09. The van der Waals surface area contributed by atoms with Crippen molar-refractivity contribution in [3.05, 3.63) is 153 Å². The van der Waals surface area contributed by atoms with Crippen LogP contribution in [0, 0.1) is 38.1 Å². The van der Waals surface area contributed by atoms with E-state index >= 15 is 0 Å². The van der Waals surface area contributed by atoms with Crippen molar-refractivity contribution in [3.63, 3.8) is 0 Å². The lowest BCUT2D eigenvalue weighted by Crippen LogP contribution is -2.03. The van der Waals surface area contributed by atoms with E-state index < -0.39 is 50.3 Å². The molecule has 0 aliphatic heterocycles. The second-order valence-corrected chi connectivity index (χ2v) is 20.3. The fourth-order valence-corrected chi connectivity index (χ4v) is 8.46. The van der Waals surface area contributed by atoms with Crippen LogP contribution in [0.25, 0.3) is 12.2 Å². The lowest BCUT2D eigenvalue weighted by Gasteiger charge is -2.08. The number of hydrogen-bond acceptors (Lipinski definition) is 16. The van der Waals surface area contributed by atoms with Crippen LogP contribution >= 0.6 is 0 Å². The Hall–Kier alpha value is -7.30. The van der Waals surface area contributed by atoms with Crippen molar-refractivity contribution in [2.45, 2.75) is 47.3 Å². The third-order valence-corrected chi connectivity index (χ3v) is 13.2. The maximum atomic E-state index is 13.2. The van der Waals surface area contributed by atoms with Crippen LogP contribution in [-0.2, 0) is 40.5 Å². The third kappa shape index (κ3) is 12.4. The largest absolute Gasteiger partial charge is 0.594 e. The first kappa shape index (κ1) is 50.1. The van der Waals surface area contributed by atoms with Crippen LogP contribution in [0.5, 0.6) is 0 Å². The van der Waals surface area contributed by atoms with Gasteiger partial charge in [0, 0.05) is 34.5 Å². The van der Waals surface area contributed by atoms with Gasteiger partial charge in [0.25, 0.3) is 40.5 Å². The number of rotatable bonds is 14. The van der Waals surface area contributed by atoms with Crippen molar-refractivity contribution < 1.29 is 61.6 Å². The zero-order valence-electron chi connectivity index (χ0n) is 35.6. The highest BCUT2D eigenvalue weighted by molar-refractivity contribution is 7.86. The van der Waals surface area contributed by atoms with Crippen LogP contribution in [-0.4, -0.2) is 61.6 Å². The summed E-state index contributed by atoms with van der Waals surface area (Å²) in [5, 5.41) is 51.0. The summed E-state index contributed by atoms with van der Waals surface area (Å²) in [5.74, 6) is 0. The molecule has 0 bridgehead atoms. The predicted molar refractivity (Wildman–Crippen MR) is 245 cm³/mol. The van der Waals surface area contributed by atoms with Gasteiger partial charge in [0.2, 0.25) is 11.4 Å². The quantitative estimate of drug-likeness (QED) is 0.0259. The fraction of sp³-hybridized carbons (Fsp3) is 0.0952. The molecule has 0 fully saturated rings. The molecule has 0 saturated carbocycles. The van der Waals surface area contributed by atoms with Gasteiger partial charge < -0.3 is 10.4 Å². The monoisotopic (exact) mass is 1000 g/mol. The Morgan fingerprint density at radius 2 is 0.721 bits per heavy atom. The highest BCUT2D eigenvalue weighted by Gasteiger charge is 2.22. The molecule has 0 radical (unpaired) electrons. The summed E-state index contributed by atoms with van der Waals surface area (Å²) < 4.78 is 134. The van der Waals surface area contributed by atoms with E-state index in [1.165, 1.54) is 48.5 Å². The standard InChI is InChI=1S/C42H36N8O14S4/c1-25-21-39(27(3)19-37(25)45-43-31-9-15-35(16-10-31)65(53,54)55)47-49(51)33-13-7-29(41(23-33)67(59,60)61)5-6-30-8-14-34(24-42(30)68(62,63)64)50(52)48-40-22-26(2)38(20-28(40)4)46-44-32-11-17-36(18-12-32)66(56,57)58/h5-24H,1-4H3,(H,53,54,55)(H,56,57,58)(H,59,60,61)(H,62,63,64)/b6-5+,45-43?,46-44?,49-47?,50-48?.